The number of halogens is 7. The van der Waals surface area contributed by atoms with E-state index in [0.717, 1.165) is 12.1 Å². The number of alkyl halides is 6. The Hall–Kier alpha value is -3.50. The normalized spacial score (nSPS) is 18.2. The molecular formula is C21H15ClF6N4O3. The molecule has 2 N–H and O–H groups in total. The number of ether oxygens (including phenoxy) is 1. The summed E-state index contributed by atoms with van der Waals surface area (Å²) in [5.41, 5.74) is -2.41. The zero-order valence-corrected chi connectivity index (χ0v) is 18.3. The maximum Gasteiger partial charge on any atom is 0.433 e. The lowest BCUT2D eigenvalue weighted by Gasteiger charge is -2.27. The first kappa shape index (κ1) is 26.1. The highest BCUT2D eigenvalue weighted by atomic mass is 35.5. The molecule has 1 aliphatic rings. The third-order valence-corrected chi connectivity index (χ3v) is 5.13. The number of nitrogens with zero attached hydrogens (tertiary/aromatic N) is 2. The lowest BCUT2D eigenvalue weighted by molar-refractivity contribution is -0.212. The molecule has 0 saturated carbocycles. The summed E-state index contributed by atoms with van der Waals surface area (Å²) >= 11 is 6.05. The van der Waals surface area contributed by atoms with Gasteiger partial charge in [0.25, 0.3) is 5.91 Å². The van der Waals surface area contributed by atoms with Crippen molar-refractivity contribution in [2.45, 2.75) is 31.6 Å². The molecule has 1 heterocycles. The van der Waals surface area contributed by atoms with Gasteiger partial charge in [-0.1, -0.05) is 11.6 Å². The van der Waals surface area contributed by atoms with Crippen LogP contribution < -0.4 is 15.5 Å². The number of amides is 2. The molecule has 2 aromatic carbocycles. The lowest BCUT2D eigenvalue weighted by atomic mass is 10.1. The summed E-state index contributed by atoms with van der Waals surface area (Å²) in [4.78, 5) is 24.2. The fraction of sp³-hybridized carbons (Fsp3) is 0.286. The first-order valence-corrected chi connectivity index (χ1v) is 10.1. The Morgan fingerprint density at radius 1 is 1.11 bits per heavy atom. The van der Waals surface area contributed by atoms with E-state index in [-0.39, 0.29) is 16.6 Å². The predicted octanol–water partition coefficient (Wildman–Crippen LogP) is 4.92. The van der Waals surface area contributed by atoms with Crippen molar-refractivity contribution in [1.29, 1.82) is 5.26 Å². The van der Waals surface area contributed by atoms with Crippen molar-refractivity contribution in [2.24, 2.45) is 0 Å². The number of nitriles is 1. The number of carbonyl (C=O) groups excluding carboxylic acids is 2. The zero-order chi connectivity index (χ0) is 26.1. The quantitative estimate of drug-likeness (QED) is 0.558. The molecule has 14 heteroatoms. The standard InChI is InChI=1S/C21H15ClF6N4O3/c1-10(33)30-12-3-5-16(15(22)6-12)31-18(34)17-9-32(19(35-17)21(26,27)28)13-4-2-11(8-29)14(7-13)20(23,24)25/h2-7,17,19H,9H2,1H3,(H,30,33)(H,31,34). The van der Waals surface area contributed by atoms with Gasteiger partial charge in [0, 0.05) is 18.3 Å². The predicted molar refractivity (Wildman–Crippen MR) is 113 cm³/mol. The van der Waals surface area contributed by atoms with E-state index in [9.17, 15) is 35.9 Å². The summed E-state index contributed by atoms with van der Waals surface area (Å²) in [5.74, 6) is -1.41. The second-order valence-corrected chi connectivity index (χ2v) is 7.78. The number of anilines is 3. The van der Waals surface area contributed by atoms with Crippen LogP contribution in [0.3, 0.4) is 0 Å². The zero-order valence-electron chi connectivity index (χ0n) is 17.6. The first-order chi connectivity index (χ1) is 16.2. The highest BCUT2D eigenvalue weighted by Crippen LogP contribution is 2.39. The Kier molecular flexibility index (Phi) is 7.18. The van der Waals surface area contributed by atoms with Crippen LogP contribution in [0.4, 0.5) is 43.4 Å². The minimum atomic E-state index is -5.06. The molecule has 0 spiro atoms. The van der Waals surface area contributed by atoms with Crippen LogP contribution in [-0.4, -0.2) is 36.9 Å². The SMILES string of the molecule is CC(=O)Nc1ccc(NC(=O)C2CN(c3ccc(C#N)c(C(F)(F)F)c3)C(C(F)(F)F)O2)c(Cl)c1. The molecule has 7 nitrogen and oxygen atoms in total. The van der Waals surface area contributed by atoms with Gasteiger partial charge < -0.3 is 20.3 Å². The third-order valence-electron chi connectivity index (χ3n) is 4.82. The highest BCUT2D eigenvalue weighted by Gasteiger charge is 2.52. The van der Waals surface area contributed by atoms with Gasteiger partial charge >= 0.3 is 12.4 Å². The highest BCUT2D eigenvalue weighted by molar-refractivity contribution is 6.34. The van der Waals surface area contributed by atoms with Gasteiger partial charge in [-0.05, 0) is 36.4 Å². The molecule has 0 aliphatic carbocycles. The lowest BCUT2D eigenvalue weighted by Crippen LogP contribution is -2.42. The van der Waals surface area contributed by atoms with E-state index in [0.29, 0.717) is 16.7 Å². The van der Waals surface area contributed by atoms with Crippen molar-refractivity contribution in [2.75, 3.05) is 22.1 Å². The van der Waals surface area contributed by atoms with E-state index in [1.807, 2.05) is 0 Å². The van der Waals surface area contributed by atoms with Gasteiger partial charge in [0.2, 0.25) is 12.1 Å². The second kappa shape index (κ2) is 9.63. The van der Waals surface area contributed by atoms with Crippen LogP contribution in [0.5, 0.6) is 0 Å². The molecule has 1 aliphatic heterocycles. The van der Waals surface area contributed by atoms with Crippen LogP contribution in [0.15, 0.2) is 36.4 Å². The van der Waals surface area contributed by atoms with E-state index in [1.165, 1.54) is 31.2 Å². The molecule has 0 bridgehead atoms. The minimum Gasteiger partial charge on any atom is -0.335 e. The Morgan fingerprint density at radius 2 is 1.80 bits per heavy atom. The summed E-state index contributed by atoms with van der Waals surface area (Å²) in [6.07, 6.45) is -14.5. The molecule has 3 rings (SSSR count). The molecule has 186 valence electrons. The van der Waals surface area contributed by atoms with Crippen molar-refractivity contribution in [1.82, 2.24) is 0 Å². The van der Waals surface area contributed by atoms with Crippen LogP contribution in [0.2, 0.25) is 5.02 Å². The summed E-state index contributed by atoms with van der Waals surface area (Å²) in [6.45, 7) is 0.524. The van der Waals surface area contributed by atoms with E-state index in [4.69, 9.17) is 21.6 Å². The van der Waals surface area contributed by atoms with Gasteiger partial charge in [0.1, 0.15) is 0 Å². The summed E-state index contributed by atoms with van der Waals surface area (Å²) in [6, 6.07) is 7.39. The maximum absolute atomic E-state index is 13.6. The number of hydrogen-bond donors (Lipinski definition) is 2. The molecule has 2 amide bonds. The Labute approximate surface area is 199 Å². The van der Waals surface area contributed by atoms with Crippen molar-refractivity contribution < 1.29 is 40.7 Å². The minimum absolute atomic E-state index is 0.00843. The number of carbonyl (C=O) groups is 2. The molecule has 2 atom stereocenters. The molecule has 2 aromatic rings. The molecule has 1 saturated heterocycles. The summed E-state index contributed by atoms with van der Waals surface area (Å²) in [7, 11) is 0. The first-order valence-electron chi connectivity index (χ1n) is 9.69. The van der Waals surface area contributed by atoms with Crippen molar-refractivity contribution in [3.05, 3.63) is 52.5 Å². The molecule has 0 radical (unpaired) electrons. The van der Waals surface area contributed by atoms with Crippen LogP contribution in [0, 0.1) is 11.3 Å². The van der Waals surface area contributed by atoms with Crippen LogP contribution in [0.1, 0.15) is 18.1 Å². The summed E-state index contributed by atoms with van der Waals surface area (Å²) < 4.78 is 85.6. The van der Waals surface area contributed by atoms with Crippen LogP contribution in [-0.2, 0) is 20.5 Å². The van der Waals surface area contributed by atoms with Gasteiger partial charge in [0.05, 0.1) is 34.5 Å². The second-order valence-electron chi connectivity index (χ2n) is 7.38. The van der Waals surface area contributed by atoms with Gasteiger partial charge in [-0.15, -0.1) is 0 Å². The van der Waals surface area contributed by atoms with Gasteiger partial charge in [0.15, 0.2) is 6.10 Å². The fourth-order valence-electron chi connectivity index (χ4n) is 3.34. The molecule has 1 fully saturated rings. The Bertz CT molecular complexity index is 1200. The number of rotatable bonds is 4. The van der Waals surface area contributed by atoms with E-state index < -0.39 is 54.0 Å². The fourth-order valence-corrected chi connectivity index (χ4v) is 3.57. The monoisotopic (exact) mass is 520 g/mol. The Morgan fingerprint density at radius 3 is 2.34 bits per heavy atom. The number of nitrogens with one attached hydrogen (secondary N) is 2. The molecule has 35 heavy (non-hydrogen) atoms. The van der Waals surface area contributed by atoms with Crippen LogP contribution in [0.25, 0.3) is 0 Å². The largest absolute Gasteiger partial charge is 0.433 e. The maximum atomic E-state index is 13.6. The molecule has 0 aromatic heterocycles. The van der Waals surface area contributed by atoms with E-state index in [2.05, 4.69) is 10.6 Å². The Balaban J connectivity index is 1.87. The summed E-state index contributed by atoms with van der Waals surface area (Å²) in [5, 5.41) is 13.6. The van der Waals surface area contributed by atoms with Crippen molar-refractivity contribution in [3.8, 4) is 6.07 Å². The number of hydrogen-bond acceptors (Lipinski definition) is 5. The van der Waals surface area contributed by atoms with Gasteiger partial charge in [-0.2, -0.15) is 31.6 Å². The average molecular weight is 521 g/mol. The molecule has 2 unspecified atom stereocenters. The molecular weight excluding hydrogens is 506 g/mol. The topological polar surface area (TPSA) is 94.5 Å². The van der Waals surface area contributed by atoms with E-state index in [1.54, 1.807) is 0 Å². The van der Waals surface area contributed by atoms with Crippen molar-refractivity contribution in [3.63, 3.8) is 0 Å². The number of benzene rings is 2. The third kappa shape index (κ3) is 5.95. The smallest absolute Gasteiger partial charge is 0.335 e. The van der Waals surface area contributed by atoms with Gasteiger partial charge in [-0.25, -0.2) is 0 Å². The average Bonchev–Trinajstić information content (AvgIpc) is 3.20. The van der Waals surface area contributed by atoms with Crippen molar-refractivity contribution >= 4 is 40.5 Å². The van der Waals surface area contributed by atoms with Gasteiger partial charge in [-0.3, -0.25) is 9.59 Å². The van der Waals surface area contributed by atoms with Crippen LogP contribution >= 0.6 is 11.6 Å². The van der Waals surface area contributed by atoms with E-state index >= 15 is 0 Å².